The van der Waals surface area contributed by atoms with Crippen LogP contribution in [0.1, 0.15) is 0 Å². The second kappa shape index (κ2) is 5.54. The molecule has 0 radical (unpaired) electrons. The molecule has 0 spiro atoms. The fourth-order valence-corrected chi connectivity index (χ4v) is 0.891. The molecule has 17 heavy (non-hydrogen) atoms. The van der Waals surface area contributed by atoms with Crippen molar-refractivity contribution in [3.05, 3.63) is 18.6 Å². The maximum Gasteiger partial charge on any atom is 0.490 e. The molecule has 0 aliphatic heterocycles. The molecule has 3 N–H and O–H groups in total. The van der Waals surface area contributed by atoms with Gasteiger partial charge in [-0.3, -0.25) is 0 Å². The first kappa shape index (κ1) is 15.2. The summed E-state index contributed by atoms with van der Waals surface area (Å²) < 4.78 is 52.8. The van der Waals surface area contributed by atoms with Crippen LogP contribution in [0.25, 0.3) is 0 Å². The van der Waals surface area contributed by atoms with E-state index in [0.717, 1.165) is 6.33 Å². The first-order valence-corrected chi connectivity index (χ1v) is 5.18. The summed E-state index contributed by atoms with van der Waals surface area (Å²) in [5.41, 5.74) is 0. The topological polar surface area (TPSA) is 123 Å². The number of hydrogen-bond donors (Lipinski definition) is 2. The molecule has 0 saturated carbocycles. The average Bonchev–Trinajstić information content (AvgIpc) is 2.17. The highest BCUT2D eigenvalue weighted by molar-refractivity contribution is 7.89. The van der Waals surface area contributed by atoms with E-state index in [0.29, 0.717) is 0 Å². The summed E-state index contributed by atoms with van der Waals surface area (Å²) in [7, 11) is -3.65. The Kier molecular flexibility index (Phi) is 4.97. The zero-order valence-corrected chi connectivity index (χ0v) is 8.73. The lowest BCUT2D eigenvalue weighted by Crippen LogP contribution is -2.21. The highest BCUT2D eigenvalue weighted by Crippen LogP contribution is 2.13. The van der Waals surface area contributed by atoms with Gasteiger partial charge in [0.15, 0.2) is 5.03 Å². The number of nitrogens with zero attached hydrogens (tertiary/aromatic N) is 2. The summed E-state index contributed by atoms with van der Waals surface area (Å²) >= 11 is 0. The minimum absolute atomic E-state index is 0.164. The number of rotatable bonds is 1. The van der Waals surface area contributed by atoms with E-state index in [-0.39, 0.29) is 5.03 Å². The van der Waals surface area contributed by atoms with Crippen molar-refractivity contribution in [3.63, 3.8) is 0 Å². The number of hydrogen-bond acceptors (Lipinski definition) is 5. The third-order valence-corrected chi connectivity index (χ3v) is 1.91. The van der Waals surface area contributed by atoms with Crippen molar-refractivity contribution < 1.29 is 31.5 Å². The molecule has 1 aromatic rings. The van der Waals surface area contributed by atoms with Crippen LogP contribution in [-0.4, -0.2) is 35.6 Å². The Morgan fingerprint density at radius 2 is 1.88 bits per heavy atom. The van der Waals surface area contributed by atoms with E-state index in [1.54, 1.807) is 0 Å². The number of aliphatic carboxylic acids is 1. The normalized spacial score (nSPS) is 11.3. The molecule has 0 aliphatic carbocycles. The number of aromatic nitrogens is 2. The van der Waals surface area contributed by atoms with Gasteiger partial charge in [-0.1, -0.05) is 0 Å². The molecule has 0 bridgehead atoms. The Morgan fingerprint density at radius 3 is 2.06 bits per heavy atom. The maximum atomic E-state index is 10.6. The number of alkyl halides is 3. The van der Waals surface area contributed by atoms with Gasteiger partial charge in [-0.15, -0.1) is 0 Å². The fraction of sp³-hybridized carbons (Fsp3) is 0.167. The van der Waals surface area contributed by atoms with Gasteiger partial charge in [0, 0.05) is 6.20 Å². The summed E-state index contributed by atoms with van der Waals surface area (Å²) in [6.45, 7) is 0. The highest BCUT2D eigenvalue weighted by atomic mass is 32.2. The van der Waals surface area contributed by atoms with Crippen LogP contribution in [-0.2, 0) is 14.8 Å². The second-order valence-electron chi connectivity index (χ2n) is 2.40. The smallest absolute Gasteiger partial charge is 0.475 e. The van der Waals surface area contributed by atoms with Gasteiger partial charge in [0.05, 0.1) is 0 Å². The third kappa shape index (κ3) is 6.42. The zero-order valence-electron chi connectivity index (χ0n) is 7.92. The van der Waals surface area contributed by atoms with Crippen molar-refractivity contribution in [1.29, 1.82) is 0 Å². The van der Waals surface area contributed by atoms with Gasteiger partial charge < -0.3 is 5.11 Å². The standard InChI is InChI=1S/C4H5N3O2S.C2HF3O2/c5-10(8,9)4-1-2-6-3-7-4;3-2(4,5)1(6)7/h1-3H,(H2,5,8,9);(H,6,7). The molecule has 0 atom stereocenters. The molecule has 0 unspecified atom stereocenters. The van der Waals surface area contributed by atoms with Crippen LogP contribution in [0, 0.1) is 0 Å². The minimum atomic E-state index is -5.08. The van der Waals surface area contributed by atoms with Gasteiger partial charge in [0.25, 0.3) is 10.0 Å². The van der Waals surface area contributed by atoms with E-state index < -0.39 is 22.2 Å². The Morgan fingerprint density at radius 1 is 1.41 bits per heavy atom. The van der Waals surface area contributed by atoms with Crippen molar-refractivity contribution in [3.8, 4) is 0 Å². The fourth-order valence-electron chi connectivity index (χ4n) is 0.447. The second-order valence-corrected chi connectivity index (χ2v) is 3.90. The number of carboxylic acids is 1. The van der Waals surface area contributed by atoms with E-state index in [1.165, 1.54) is 12.3 Å². The van der Waals surface area contributed by atoms with E-state index >= 15 is 0 Å². The zero-order chi connectivity index (χ0) is 13.7. The van der Waals surface area contributed by atoms with Crippen molar-refractivity contribution in [2.24, 2.45) is 5.14 Å². The van der Waals surface area contributed by atoms with Crippen LogP contribution in [0.3, 0.4) is 0 Å². The first-order chi connectivity index (χ1) is 7.55. The molecule has 0 fully saturated rings. The molecule has 0 aromatic carbocycles. The molecule has 0 aliphatic rings. The molecular formula is C6H6F3N3O4S. The van der Waals surface area contributed by atoms with Crippen LogP contribution in [0.4, 0.5) is 13.2 Å². The average molecular weight is 273 g/mol. The van der Waals surface area contributed by atoms with Crippen LogP contribution < -0.4 is 5.14 Å². The summed E-state index contributed by atoms with van der Waals surface area (Å²) in [4.78, 5) is 15.8. The lowest BCUT2D eigenvalue weighted by Gasteiger charge is -1.93. The number of carbonyl (C=O) groups is 1. The Bertz CT molecular complexity index is 473. The molecule has 96 valence electrons. The van der Waals surface area contributed by atoms with Crippen LogP contribution in [0.15, 0.2) is 23.6 Å². The lowest BCUT2D eigenvalue weighted by atomic mass is 10.7. The van der Waals surface area contributed by atoms with Gasteiger partial charge >= 0.3 is 12.1 Å². The molecule has 11 heteroatoms. The van der Waals surface area contributed by atoms with Crippen molar-refractivity contribution >= 4 is 16.0 Å². The molecule has 1 aromatic heterocycles. The number of primary sulfonamides is 1. The van der Waals surface area contributed by atoms with Gasteiger partial charge in [-0.05, 0) is 6.07 Å². The van der Waals surface area contributed by atoms with Crippen LogP contribution >= 0.6 is 0 Å². The van der Waals surface area contributed by atoms with Crippen LogP contribution in [0.5, 0.6) is 0 Å². The van der Waals surface area contributed by atoms with Gasteiger partial charge in [-0.25, -0.2) is 28.3 Å². The SMILES string of the molecule is NS(=O)(=O)c1ccncn1.O=C(O)C(F)(F)F. The molecule has 1 rings (SSSR count). The largest absolute Gasteiger partial charge is 0.490 e. The predicted octanol–water partition coefficient (Wildman–Crippen LogP) is -0.243. The third-order valence-electron chi connectivity index (χ3n) is 1.09. The van der Waals surface area contributed by atoms with E-state index in [1.807, 2.05) is 0 Å². The van der Waals surface area contributed by atoms with E-state index in [4.69, 9.17) is 15.0 Å². The van der Waals surface area contributed by atoms with E-state index in [9.17, 15) is 21.6 Å². The number of halogens is 3. The quantitative estimate of drug-likeness (QED) is 0.680. The first-order valence-electron chi connectivity index (χ1n) is 3.64. The maximum absolute atomic E-state index is 10.6. The number of sulfonamides is 1. The summed E-state index contributed by atoms with van der Waals surface area (Å²) in [5, 5.41) is 11.7. The molecule has 7 nitrogen and oxygen atoms in total. The minimum Gasteiger partial charge on any atom is -0.475 e. The van der Waals surface area contributed by atoms with Crippen LogP contribution in [0.2, 0.25) is 0 Å². The number of nitrogens with two attached hydrogens (primary N) is 1. The lowest BCUT2D eigenvalue weighted by molar-refractivity contribution is -0.192. The van der Waals surface area contributed by atoms with Crippen molar-refractivity contribution in [2.75, 3.05) is 0 Å². The predicted molar refractivity (Wildman–Crippen MR) is 47.1 cm³/mol. The highest BCUT2D eigenvalue weighted by Gasteiger charge is 2.38. The van der Waals surface area contributed by atoms with Crippen molar-refractivity contribution in [2.45, 2.75) is 11.2 Å². The van der Waals surface area contributed by atoms with Gasteiger partial charge in [0.2, 0.25) is 0 Å². The Hall–Kier alpha value is -1.75. The summed E-state index contributed by atoms with van der Waals surface area (Å²) in [5.74, 6) is -2.76. The summed E-state index contributed by atoms with van der Waals surface area (Å²) in [6, 6.07) is 1.23. The summed E-state index contributed by atoms with van der Waals surface area (Å²) in [6.07, 6.45) is -2.65. The molecule has 1 heterocycles. The molecule has 0 saturated heterocycles. The van der Waals surface area contributed by atoms with Crippen molar-refractivity contribution in [1.82, 2.24) is 9.97 Å². The Labute approximate surface area is 93.2 Å². The molecule has 0 amide bonds. The Balaban J connectivity index is 0.000000325. The van der Waals surface area contributed by atoms with Gasteiger partial charge in [-0.2, -0.15) is 13.2 Å². The van der Waals surface area contributed by atoms with Gasteiger partial charge in [0.1, 0.15) is 6.33 Å². The number of carboxylic acid groups (broad SMARTS) is 1. The van der Waals surface area contributed by atoms with E-state index in [2.05, 4.69) is 9.97 Å². The molecular weight excluding hydrogens is 267 g/mol. The monoisotopic (exact) mass is 273 g/mol.